The molecule has 0 bridgehead atoms. The summed E-state index contributed by atoms with van der Waals surface area (Å²) in [5, 5.41) is 3.18. The van der Waals surface area contributed by atoms with Gasteiger partial charge in [0.2, 0.25) is 0 Å². The zero-order chi connectivity index (χ0) is 41.4. The summed E-state index contributed by atoms with van der Waals surface area (Å²) < 4.78 is 6.65. The van der Waals surface area contributed by atoms with Gasteiger partial charge in [0.1, 0.15) is 11.2 Å². The fourth-order valence-electron chi connectivity index (χ4n) is 9.82. The molecular formula is C59H40N2O. The van der Waals surface area contributed by atoms with Crippen LogP contribution < -0.4 is 0 Å². The lowest BCUT2D eigenvalue weighted by Crippen LogP contribution is -2.16. The van der Waals surface area contributed by atoms with Crippen molar-refractivity contribution in [1.29, 1.82) is 0 Å². The first-order valence-electron chi connectivity index (χ1n) is 21.3. The summed E-state index contributed by atoms with van der Waals surface area (Å²) in [5.74, 6) is 0.682. The maximum atomic E-state index is 6.65. The second-order valence-corrected chi connectivity index (χ2v) is 16.9. The summed E-state index contributed by atoms with van der Waals surface area (Å²) in [6, 6.07) is 73.7. The molecule has 0 radical (unpaired) electrons. The van der Waals surface area contributed by atoms with Gasteiger partial charge in [-0.1, -0.05) is 172 Å². The third kappa shape index (κ3) is 5.81. The van der Waals surface area contributed by atoms with Crippen LogP contribution in [0, 0.1) is 0 Å². The van der Waals surface area contributed by atoms with Crippen molar-refractivity contribution in [3.05, 3.63) is 217 Å². The SMILES string of the molecule is CC1(C)c2ccccc2-c2ccc3c(-c4cccc5c4oc4ccccc45)nc(-c4cccc(-c5cccc(-c6cc(-c7ccccc7)cc(-c7ccccc7)c6)c5)c4)nc3c21. The van der Waals surface area contributed by atoms with Crippen LogP contribution in [-0.2, 0) is 5.41 Å². The van der Waals surface area contributed by atoms with Crippen LogP contribution in [0.25, 0.3) is 111 Å². The molecule has 0 spiro atoms. The molecule has 1 aliphatic carbocycles. The van der Waals surface area contributed by atoms with E-state index in [1.165, 1.54) is 50.1 Å². The molecule has 12 rings (SSSR count). The van der Waals surface area contributed by atoms with E-state index < -0.39 is 0 Å². The molecule has 62 heavy (non-hydrogen) atoms. The Morgan fingerprint density at radius 3 is 1.61 bits per heavy atom. The smallest absolute Gasteiger partial charge is 0.160 e. The van der Waals surface area contributed by atoms with Gasteiger partial charge in [0.05, 0.1) is 11.2 Å². The third-order valence-electron chi connectivity index (χ3n) is 12.8. The molecule has 9 aromatic carbocycles. The number of fused-ring (bicyclic) bond motifs is 8. The number of benzene rings is 9. The Labute approximate surface area is 360 Å². The lowest BCUT2D eigenvalue weighted by molar-refractivity contribution is 0.664. The molecule has 0 aliphatic heterocycles. The van der Waals surface area contributed by atoms with Crippen molar-refractivity contribution >= 4 is 32.8 Å². The van der Waals surface area contributed by atoms with E-state index in [1.807, 2.05) is 12.1 Å². The normalized spacial score (nSPS) is 12.8. The fraction of sp³-hybridized carbons (Fsp3) is 0.0508. The molecule has 0 unspecified atom stereocenters. The highest BCUT2D eigenvalue weighted by Gasteiger charge is 2.38. The summed E-state index contributed by atoms with van der Waals surface area (Å²) >= 11 is 0. The standard InChI is InChI=1S/C59H40N2O/c1-59(2)52-28-11-9-24-46(52)48-30-31-50-55(51-27-15-26-49-47-25-10-12-29-53(47)62-57(49)51)60-58(61-56(50)54(48)59)42-23-14-21-40(33-42)39-20-13-22-41(32-39)45-35-43(37-16-5-3-6-17-37)34-44(36-45)38-18-7-4-8-19-38/h3-36H,1-2H3. The van der Waals surface area contributed by atoms with Gasteiger partial charge in [0.15, 0.2) is 5.82 Å². The van der Waals surface area contributed by atoms with E-state index in [1.54, 1.807) is 0 Å². The first-order valence-corrected chi connectivity index (χ1v) is 21.3. The quantitative estimate of drug-likeness (QED) is 0.168. The van der Waals surface area contributed by atoms with Crippen molar-refractivity contribution in [2.24, 2.45) is 0 Å². The first kappa shape index (κ1) is 36.0. The minimum absolute atomic E-state index is 0.264. The fourth-order valence-corrected chi connectivity index (χ4v) is 9.82. The van der Waals surface area contributed by atoms with Crippen molar-refractivity contribution in [2.45, 2.75) is 19.3 Å². The first-order chi connectivity index (χ1) is 30.5. The van der Waals surface area contributed by atoms with Crippen LogP contribution >= 0.6 is 0 Å². The highest BCUT2D eigenvalue weighted by molar-refractivity contribution is 6.12. The number of rotatable bonds is 6. The molecule has 2 aromatic heterocycles. The molecule has 0 N–H and O–H groups in total. The third-order valence-corrected chi connectivity index (χ3v) is 12.8. The molecule has 11 aromatic rings. The molecule has 2 heterocycles. The maximum Gasteiger partial charge on any atom is 0.160 e. The summed E-state index contributed by atoms with van der Waals surface area (Å²) in [6.07, 6.45) is 0. The minimum atomic E-state index is -0.264. The average Bonchev–Trinajstić information content (AvgIpc) is 3.84. The number of para-hydroxylation sites is 2. The molecular weight excluding hydrogens is 753 g/mol. The van der Waals surface area contributed by atoms with E-state index in [0.29, 0.717) is 5.82 Å². The van der Waals surface area contributed by atoms with Crippen LogP contribution in [0.3, 0.4) is 0 Å². The van der Waals surface area contributed by atoms with Crippen LogP contribution in [0.2, 0.25) is 0 Å². The topological polar surface area (TPSA) is 38.9 Å². The van der Waals surface area contributed by atoms with E-state index in [2.05, 4.69) is 208 Å². The Morgan fingerprint density at radius 2 is 0.887 bits per heavy atom. The van der Waals surface area contributed by atoms with Gasteiger partial charge in [-0.2, -0.15) is 0 Å². The zero-order valence-electron chi connectivity index (χ0n) is 34.4. The van der Waals surface area contributed by atoms with Crippen LogP contribution in [-0.4, -0.2) is 9.97 Å². The Morgan fingerprint density at radius 1 is 0.371 bits per heavy atom. The van der Waals surface area contributed by atoms with Gasteiger partial charge in [-0.25, -0.2) is 9.97 Å². The number of hydrogen-bond acceptors (Lipinski definition) is 3. The van der Waals surface area contributed by atoms with Crippen molar-refractivity contribution < 1.29 is 4.42 Å². The maximum absolute atomic E-state index is 6.65. The van der Waals surface area contributed by atoms with Gasteiger partial charge in [0, 0.05) is 32.7 Å². The summed E-state index contributed by atoms with van der Waals surface area (Å²) in [5.41, 5.74) is 19.5. The Bertz CT molecular complexity index is 3490. The Balaban J connectivity index is 1.03. The molecule has 3 heteroatoms. The molecule has 0 atom stereocenters. The van der Waals surface area contributed by atoms with E-state index >= 15 is 0 Å². The van der Waals surface area contributed by atoms with E-state index in [0.717, 1.165) is 66.4 Å². The predicted molar refractivity (Wildman–Crippen MR) is 257 cm³/mol. The van der Waals surface area contributed by atoms with Gasteiger partial charge in [-0.15, -0.1) is 0 Å². The van der Waals surface area contributed by atoms with Crippen LogP contribution in [0.15, 0.2) is 211 Å². The van der Waals surface area contributed by atoms with E-state index in [9.17, 15) is 0 Å². The number of hydrogen-bond donors (Lipinski definition) is 0. The minimum Gasteiger partial charge on any atom is -0.455 e. The summed E-state index contributed by atoms with van der Waals surface area (Å²) in [6.45, 7) is 4.65. The van der Waals surface area contributed by atoms with Crippen molar-refractivity contribution in [3.8, 4) is 78.3 Å². The molecule has 3 nitrogen and oxygen atoms in total. The second-order valence-electron chi connectivity index (χ2n) is 16.9. The van der Waals surface area contributed by atoms with E-state index in [4.69, 9.17) is 14.4 Å². The van der Waals surface area contributed by atoms with Crippen LogP contribution in [0.4, 0.5) is 0 Å². The molecule has 0 amide bonds. The van der Waals surface area contributed by atoms with Crippen molar-refractivity contribution in [1.82, 2.24) is 9.97 Å². The highest BCUT2D eigenvalue weighted by atomic mass is 16.3. The average molecular weight is 793 g/mol. The summed E-state index contributed by atoms with van der Waals surface area (Å²) in [7, 11) is 0. The summed E-state index contributed by atoms with van der Waals surface area (Å²) in [4.78, 5) is 11.0. The lowest BCUT2D eigenvalue weighted by atomic mass is 9.81. The molecule has 0 saturated carbocycles. The molecule has 1 aliphatic rings. The second kappa shape index (κ2) is 14.1. The highest BCUT2D eigenvalue weighted by Crippen LogP contribution is 2.52. The van der Waals surface area contributed by atoms with Gasteiger partial charge in [-0.3, -0.25) is 0 Å². The molecule has 0 saturated heterocycles. The molecule has 0 fully saturated rings. The Kier molecular flexibility index (Phi) is 8.20. The number of furan rings is 1. The number of aromatic nitrogens is 2. The predicted octanol–water partition coefficient (Wildman–Crippen LogP) is 15.8. The Hall–Kier alpha value is -7.88. The van der Waals surface area contributed by atoms with Gasteiger partial charge in [-0.05, 0) is 115 Å². The van der Waals surface area contributed by atoms with Crippen LogP contribution in [0.1, 0.15) is 25.0 Å². The van der Waals surface area contributed by atoms with Crippen LogP contribution in [0.5, 0.6) is 0 Å². The van der Waals surface area contributed by atoms with Crippen molar-refractivity contribution in [2.75, 3.05) is 0 Å². The number of nitrogens with zero attached hydrogens (tertiary/aromatic N) is 2. The zero-order valence-corrected chi connectivity index (χ0v) is 34.4. The van der Waals surface area contributed by atoms with Gasteiger partial charge < -0.3 is 4.42 Å². The van der Waals surface area contributed by atoms with Gasteiger partial charge >= 0.3 is 0 Å². The monoisotopic (exact) mass is 792 g/mol. The lowest BCUT2D eigenvalue weighted by Gasteiger charge is -2.23. The molecule has 292 valence electrons. The largest absolute Gasteiger partial charge is 0.455 e. The van der Waals surface area contributed by atoms with Gasteiger partial charge in [0.25, 0.3) is 0 Å². The van der Waals surface area contributed by atoms with Crippen molar-refractivity contribution in [3.63, 3.8) is 0 Å². The van der Waals surface area contributed by atoms with E-state index in [-0.39, 0.29) is 5.41 Å².